The zero-order valence-electron chi connectivity index (χ0n) is 18.7. The Balaban J connectivity index is 2.00. The van der Waals surface area contributed by atoms with Crippen LogP contribution in [0.15, 0.2) is 23.1 Å². The minimum absolute atomic E-state index is 0.144. The standard InChI is InChI=1S/C21H33N3O5S/c1-15-9-10-17(30(6,27)28)12-18(15)22-19(25)24-11-7-8-16(14-24)13-23(5)20(26)29-21(2,3)4/h9-10,12,16H,7-8,11,13-14H2,1-6H3,(H,22,25). The van der Waals surface area contributed by atoms with E-state index in [4.69, 9.17) is 4.74 Å². The van der Waals surface area contributed by atoms with Gasteiger partial charge >= 0.3 is 12.1 Å². The predicted molar refractivity (Wildman–Crippen MR) is 116 cm³/mol. The minimum Gasteiger partial charge on any atom is -0.444 e. The van der Waals surface area contributed by atoms with Crippen molar-refractivity contribution in [2.24, 2.45) is 5.92 Å². The zero-order valence-corrected chi connectivity index (χ0v) is 19.5. The maximum Gasteiger partial charge on any atom is 0.410 e. The molecule has 0 aromatic heterocycles. The Morgan fingerprint density at radius 1 is 1.30 bits per heavy atom. The molecule has 0 saturated carbocycles. The number of nitrogens with zero attached hydrogens (tertiary/aromatic N) is 2. The highest BCUT2D eigenvalue weighted by molar-refractivity contribution is 7.90. The summed E-state index contributed by atoms with van der Waals surface area (Å²) in [6, 6.07) is 4.43. The molecule has 0 aliphatic carbocycles. The van der Waals surface area contributed by atoms with Crippen molar-refractivity contribution in [2.75, 3.05) is 38.3 Å². The van der Waals surface area contributed by atoms with E-state index in [0.29, 0.717) is 25.3 Å². The molecule has 1 heterocycles. The molecule has 3 amide bonds. The van der Waals surface area contributed by atoms with Crippen LogP contribution in [0, 0.1) is 12.8 Å². The van der Waals surface area contributed by atoms with Gasteiger partial charge in [0.25, 0.3) is 0 Å². The van der Waals surface area contributed by atoms with Gasteiger partial charge in [-0.3, -0.25) is 0 Å². The lowest BCUT2D eigenvalue weighted by atomic mass is 9.98. The molecular formula is C21H33N3O5S. The number of urea groups is 1. The van der Waals surface area contributed by atoms with E-state index in [2.05, 4.69) is 5.32 Å². The van der Waals surface area contributed by atoms with Crippen LogP contribution < -0.4 is 5.32 Å². The molecule has 30 heavy (non-hydrogen) atoms. The molecule has 8 nitrogen and oxygen atoms in total. The van der Waals surface area contributed by atoms with E-state index in [1.54, 1.807) is 22.9 Å². The van der Waals surface area contributed by atoms with E-state index in [1.165, 1.54) is 12.1 Å². The number of amides is 3. The first-order valence-corrected chi connectivity index (χ1v) is 12.0. The van der Waals surface area contributed by atoms with Gasteiger partial charge < -0.3 is 19.9 Å². The first kappa shape index (κ1) is 24.0. The molecule has 9 heteroatoms. The number of sulfone groups is 1. The van der Waals surface area contributed by atoms with Gasteiger partial charge in [0.15, 0.2) is 9.84 Å². The van der Waals surface area contributed by atoms with Gasteiger partial charge in [0, 0.05) is 38.6 Å². The second-order valence-electron chi connectivity index (χ2n) is 8.99. The van der Waals surface area contributed by atoms with E-state index in [1.807, 2.05) is 27.7 Å². The third-order valence-electron chi connectivity index (χ3n) is 4.92. The third kappa shape index (κ3) is 6.90. The van der Waals surface area contributed by atoms with E-state index in [-0.39, 0.29) is 22.9 Å². The Bertz CT molecular complexity index is 892. The molecule has 1 saturated heterocycles. The number of rotatable bonds is 4. The van der Waals surface area contributed by atoms with Crippen molar-refractivity contribution in [1.29, 1.82) is 0 Å². The highest BCUT2D eigenvalue weighted by atomic mass is 32.2. The quantitative estimate of drug-likeness (QED) is 0.774. The first-order chi connectivity index (χ1) is 13.8. The van der Waals surface area contributed by atoms with Crippen LogP contribution in [0.3, 0.4) is 0 Å². The number of carbonyl (C=O) groups excluding carboxylic acids is 2. The normalized spacial score (nSPS) is 17.4. The number of aryl methyl sites for hydroxylation is 1. The summed E-state index contributed by atoms with van der Waals surface area (Å²) >= 11 is 0. The fourth-order valence-electron chi connectivity index (χ4n) is 3.36. The summed E-state index contributed by atoms with van der Waals surface area (Å²) in [5, 5.41) is 2.84. The zero-order chi connectivity index (χ0) is 22.7. The highest BCUT2D eigenvalue weighted by Crippen LogP contribution is 2.23. The Morgan fingerprint density at radius 3 is 2.57 bits per heavy atom. The average Bonchev–Trinajstić information content (AvgIpc) is 2.61. The Labute approximate surface area is 179 Å². The lowest BCUT2D eigenvalue weighted by molar-refractivity contribution is 0.0253. The molecule has 1 aromatic carbocycles. The molecule has 0 spiro atoms. The van der Waals surface area contributed by atoms with Crippen molar-refractivity contribution in [3.05, 3.63) is 23.8 Å². The Kier molecular flexibility index (Phi) is 7.39. The SMILES string of the molecule is Cc1ccc(S(C)(=O)=O)cc1NC(=O)N1CCCC(CN(C)C(=O)OC(C)(C)C)C1. The molecule has 2 rings (SSSR count). The molecule has 1 N–H and O–H groups in total. The molecule has 1 unspecified atom stereocenters. The summed E-state index contributed by atoms with van der Waals surface area (Å²) in [5.41, 5.74) is 0.715. The van der Waals surface area contributed by atoms with Crippen molar-refractivity contribution < 1.29 is 22.7 Å². The van der Waals surface area contributed by atoms with Crippen molar-refractivity contribution in [2.45, 2.75) is 51.0 Å². The molecule has 0 bridgehead atoms. The second kappa shape index (κ2) is 9.24. The van der Waals surface area contributed by atoms with Gasteiger partial charge in [-0.1, -0.05) is 6.07 Å². The fourth-order valence-corrected chi connectivity index (χ4v) is 4.01. The topological polar surface area (TPSA) is 96.0 Å². The van der Waals surface area contributed by atoms with Gasteiger partial charge in [0.1, 0.15) is 5.60 Å². The van der Waals surface area contributed by atoms with Gasteiger partial charge in [-0.05, 0) is 64.2 Å². The first-order valence-electron chi connectivity index (χ1n) is 10.1. The summed E-state index contributed by atoms with van der Waals surface area (Å²) in [6.07, 6.45) is 2.51. The van der Waals surface area contributed by atoms with Crippen LogP contribution in [0.4, 0.5) is 15.3 Å². The lowest BCUT2D eigenvalue weighted by Gasteiger charge is -2.35. The van der Waals surface area contributed by atoms with Crippen molar-refractivity contribution in [3.63, 3.8) is 0 Å². The molecule has 1 aromatic rings. The number of likely N-dealkylation sites (tertiary alicyclic amines) is 1. The van der Waals surface area contributed by atoms with Crippen LogP contribution in [0.1, 0.15) is 39.2 Å². The van der Waals surface area contributed by atoms with E-state index >= 15 is 0 Å². The third-order valence-corrected chi connectivity index (χ3v) is 6.03. The largest absolute Gasteiger partial charge is 0.444 e. The lowest BCUT2D eigenvalue weighted by Crippen LogP contribution is -2.46. The van der Waals surface area contributed by atoms with Gasteiger partial charge in [-0.2, -0.15) is 0 Å². The molecule has 1 fully saturated rings. The number of hydrogen-bond acceptors (Lipinski definition) is 5. The maximum absolute atomic E-state index is 12.8. The monoisotopic (exact) mass is 439 g/mol. The molecule has 1 atom stereocenters. The van der Waals surface area contributed by atoms with Gasteiger partial charge in [-0.15, -0.1) is 0 Å². The molecule has 1 aliphatic heterocycles. The van der Waals surface area contributed by atoms with Crippen LogP contribution in [-0.2, 0) is 14.6 Å². The Hall–Kier alpha value is -2.29. The van der Waals surface area contributed by atoms with Crippen LogP contribution >= 0.6 is 0 Å². The highest BCUT2D eigenvalue weighted by Gasteiger charge is 2.27. The Morgan fingerprint density at radius 2 is 1.97 bits per heavy atom. The number of anilines is 1. The van der Waals surface area contributed by atoms with Gasteiger partial charge in [-0.25, -0.2) is 18.0 Å². The average molecular weight is 440 g/mol. The molecule has 168 valence electrons. The fraction of sp³-hybridized carbons (Fsp3) is 0.619. The van der Waals surface area contributed by atoms with Crippen LogP contribution in [0.2, 0.25) is 0 Å². The van der Waals surface area contributed by atoms with Crippen molar-refractivity contribution >= 4 is 27.6 Å². The van der Waals surface area contributed by atoms with Crippen LogP contribution in [-0.4, -0.2) is 68.9 Å². The van der Waals surface area contributed by atoms with Crippen molar-refractivity contribution in [1.82, 2.24) is 9.80 Å². The minimum atomic E-state index is -3.36. The number of nitrogens with one attached hydrogen (secondary N) is 1. The number of carbonyl (C=O) groups is 2. The summed E-state index contributed by atoms with van der Waals surface area (Å²) in [5.74, 6) is 0.144. The van der Waals surface area contributed by atoms with Crippen LogP contribution in [0.25, 0.3) is 0 Å². The summed E-state index contributed by atoms with van der Waals surface area (Å²) < 4.78 is 29.0. The van der Waals surface area contributed by atoms with Gasteiger partial charge in [0.2, 0.25) is 0 Å². The molecule has 0 radical (unpaired) electrons. The molecular weight excluding hydrogens is 406 g/mol. The summed E-state index contributed by atoms with van der Waals surface area (Å²) in [6.45, 7) is 8.93. The van der Waals surface area contributed by atoms with Crippen molar-refractivity contribution in [3.8, 4) is 0 Å². The number of piperidine rings is 1. The smallest absolute Gasteiger partial charge is 0.410 e. The predicted octanol–water partition coefficient (Wildman–Crippen LogP) is 3.51. The summed E-state index contributed by atoms with van der Waals surface area (Å²) in [7, 11) is -1.66. The summed E-state index contributed by atoms with van der Waals surface area (Å²) in [4.78, 5) is 28.4. The van der Waals surface area contributed by atoms with E-state index in [9.17, 15) is 18.0 Å². The number of hydrogen-bond donors (Lipinski definition) is 1. The van der Waals surface area contributed by atoms with Gasteiger partial charge in [0.05, 0.1) is 4.90 Å². The number of benzene rings is 1. The number of ether oxygens (including phenoxy) is 1. The van der Waals surface area contributed by atoms with E-state index in [0.717, 1.165) is 24.7 Å². The van der Waals surface area contributed by atoms with E-state index < -0.39 is 15.4 Å². The maximum atomic E-state index is 12.8. The second-order valence-corrected chi connectivity index (χ2v) is 11.0. The van der Waals surface area contributed by atoms with Crippen LogP contribution in [0.5, 0.6) is 0 Å². The molecule has 1 aliphatic rings.